The summed E-state index contributed by atoms with van der Waals surface area (Å²) in [5, 5.41) is 2.75. The van der Waals surface area contributed by atoms with Gasteiger partial charge in [-0.2, -0.15) is 0 Å². The highest BCUT2D eigenvalue weighted by molar-refractivity contribution is 7.90. The molecule has 0 atom stereocenters. The van der Waals surface area contributed by atoms with Crippen LogP contribution in [0.15, 0.2) is 42.6 Å². The maximum Gasteiger partial charge on any atom is 0.257 e. The average Bonchev–Trinajstić information content (AvgIpc) is 2.47. The summed E-state index contributed by atoms with van der Waals surface area (Å²) in [7, 11) is -3.06. The molecule has 2 rings (SSSR count). The van der Waals surface area contributed by atoms with Gasteiger partial charge in [0.15, 0.2) is 9.84 Å². The van der Waals surface area contributed by atoms with E-state index < -0.39 is 9.84 Å². The van der Waals surface area contributed by atoms with E-state index in [9.17, 15) is 13.2 Å². The van der Waals surface area contributed by atoms with E-state index in [0.717, 1.165) is 11.9 Å². The minimum Gasteiger partial charge on any atom is -0.492 e. The van der Waals surface area contributed by atoms with Crippen LogP contribution in [-0.4, -0.2) is 37.9 Å². The van der Waals surface area contributed by atoms with Gasteiger partial charge in [0.2, 0.25) is 0 Å². The molecular weight excluding hydrogens is 316 g/mol. The normalized spacial score (nSPS) is 11.0. The Kier molecular flexibility index (Phi) is 5.33. The van der Waals surface area contributed by atoms with Crippen LogP contribution < -0.4 is 10.1 Å². The summed E-state index contributed by atoms with van der Waals surface area (Å²) >= 11 is 0. The topological polar surface area (TPSA) is 85.4 Å². The number of sulfone groups is 1. The average molecular weight is 334 g/mol. The molecule has 0 fully saturated rings. The highest BCUT2D eigenvalue weighted by atomic mass is 32.2. The minimum atomic E-state index is -3.06. The number of carbonyl (C=O) groups is 1. The number of anilines is 1. The molecular formula is C16H18N2O4S. The predicted molar refractivity (Wildman–Crippen MR) is 88.6 cm³/mol. The van der Waals surface area contributed by atoms with Crippen molar-refractivity contribution in [3.05, 3.63) is 53.9 Å². The molecule has 1 N–H and O–H groups in total. The lowest BCUT2D eigenvalue weighted by Gasteiger charge is -2.09. The molecule has 0 saturated carbocycles. The van der Waals surface area contributed by atoms with Crippen LogP contribution in [0.1, 0.15) is 16.1 Å². The zero-order valence-electron chi connectivity index (χ0n) is 12.9. The van der Waals surface area contributed by atoms with Gasteiger partial charge in [-0.1, -0.05) is 6.07 Å². The van der Waals surface area contributed by atoms with Gasteiger partial charge in [0.25, 0.3) is 5.91 Å². The molecule has 2 aromatic rings. The lowest BCUT2D eigenvalue weighted by atomic mass is 10.2. The molecule has 1 aromatic heterocycles. The van der Waals surface area contributed by atoms with Crippen molar-refractivity contribution >= 4 is 21.4 Å². The van der Waals surface area contributed by atoms with Gasteiger partial charge in [0, 0.05) is 29.9 Å². The lowest BCUT2D eigenvalue weighted by Crippen LogP contribution is -2.13. The van der Waals surface area contributed by atoms with Crippen molar-refractivity contribution in [2.45, 2.75) is 6.92 Å². The number of aryl methyl sites for hydroxylation is 1. The Balaban J connectivity index is 1.99. The van der Waals surface area contributed by atoms with E-state index in [-0.39, 0.29) is 18.3 Å². The van der Waals surface area contributed by atoms with Crippen molar-refractivity contribution in [3.8, 4) is 5.75 Å². The molecule has 0 bridgehead atoms. The first-order valence-electron chi connectivity index (χ1n) is 6.98. The molecule has 1 heterocycles. The van der Waals surface area contributed by atoms with Crippen molar-refractivity contribution in [2.24, 2.45) is 0 Å². The van der Waals surface area contributed by atoms with Crippen molar-refractivity contribution in [1.82, 2.24) is 4.98 Å². The standard InChI is InChI=1S/C16H18N2O4S/c1-12-6-7-13(11-17-12)16(19)18-14-4-3-5-15(10-14)22-8-9-23(2,20)21/h3-7,10-11H,8-9H2,1-2H3,(H,18,19). The number of nitrogens with one attached hydrogen (secondary N) is 1. The number of nitrogens with zero attached hydrogens (tertiary/aromatic N) is 1. The molecule has 0 spiro atoms. The zero-order chi connectivity index (χ0) is 16.9. The van der Waals surface area contributed by atoms with E-state index in [1.807, 2.05) is 6.92 Å². The fourth-order valence-electron chi connectivity index (χ4n) is 1.78. The van der Waals surface area contributed by atoms with Gasteiger partial charge in [0.1, 0.15) is 12.4 Å². The summed E-state index contributed by atoms with van der Waals surface area (Å²) in [5.74, 6) is 0.165. The van der Waals surface area contributed by atoms with E-state index >= 15 is 0 Å². The Labute approximate surface area is 135 Å². The van der Waals surface area contributed by atoms with Crippen LogP contribution in [0.2, 0.25) is 0 Å². The molecule has 7 heteroatoms. The fraction of sp³-hybridized carbons (Fsp3) is 0.250. The van der Waals surface area contributed by atoms with E-state index in [0.29, 0.717) is 17.0 Å². The first kappa shape index (κ1) is 17.0. The molecule has 0 aliphatic carbocycles. The molecule has 23 heavy (non-hydrogen) atoms. The number of rotatable bonds is 6. The van der Waals surface area contributed by atoms with E-state index in [1.54, 1.807) is 36.4 Å². The number of ether oxygens (including phenoxy) is 1. The quantitative estimate of drug-likeness (QED) is 0.874. The third-order valence-corrected chi connectivity index (χ3v) is 3.90. The molecule has 0 radical (unpaired) electrons. The van der Waals surface area contributed by atoms with Crippen LogP contribution in [0.4, 0.5) is 5.69 Å². The van der Waals surface area contributed by atoms with Gasteiger partial charge in [-0.05, 0) is 31.2 Å². The highest BCUT2D eigenvalue weighted by Crippen LogP contribution is 2.18. The Hall–Kier alpha value is -2.41. The summed E-state index contributed by atoms with van der Waals surface area (Å²) < 4.78 is 27.5. The summed E-state index contributed by atoms with van der Waals surface area (Å²) in [4.78, 5) is 16.2. The lowest BCUT2D eigenvalue weighted by molar-refractivity contribution is 0.102. The van der Waals surface area contributed by atoms with Crippen LogP contribution in [0.5, 0.6) is 5.75 Å². The van der Waals surface area contributed by atoms with E-state index in [4.69, 9.17) is 4.74 Å². The predicted octanol–water partition coefficient (Wildman–Crippen LogP) is 2.07. The zero-order valence-corrected chi connectivity index (χ0v) is 13.8. The van der Waals surface area contributed by atoms with E-state index in [1.165, 1.54) is 6.20 Å². The molecule has 1 amide bonds. The van der Waals surface area contributed by atoms with Crippen LogP contribution >= 0.6 is 0 Å². The van der Waals surface area contributed by atoms with Crippen molar-refractivity contribution < 1.29 is 17.9 Å². The third kappa shape index (κ3) is 5.71. The molecule has 0 unspecified atom stereocenters. The molecule has 6 nitrogen and oxygen atoms in total. The van der Waals surface area contributed by atoms with Crippen molar-refractivity contribution in [1.29, 1.82) is 0 Å². The number of amides is 1. The summed E-state index contributed by atoms with van der Waals surface area (Å²) in [6.45, 7) is 1.91. The number of hydrogen-bond donors (Lipinski definition) is 1. The number of hydrogen-bond acceptors (Lipinski definition) is 5. The minimum absolute atomic E-state index is 0.0569. The summed E-state index contributed by atoms with van der Waals surface area (Å²) in [6.07, 6.45) is 2.67. The third-order valence-electron chi connectivity index (χ3n) is 2.99. The second kappa shape index (κ2) is 7.23. The smallest absolute Gasteiger partial charge is 0.257 e. The first-order chi connectivity index (χ1) is 10.8. The van der Waals surface area contributed by atoms with Gasteiger partial charge in [-0.25, -0.2) is 8.42 Å². The fourth-order valence-corrected chi connectivity index (χ4v) is 2.17. The number of aromatic nitrogens is 1. The van der Waals surface area contributed by atoms with Crippen LogP contribution in [0.3, 0.4) is 0 Å². The molecule has 0 aliphatic rings. The van der Waals surface area contributed by atoms with Crippen molar-refractivity contribution in [2.75, 3.05) is 23.9 Å². The first-order valence-corrected chi connectivity index (χ1v) is 9.04. The Bertz CT molecular complexity index is 786. The molecule has 122 valence electrons. The van der Waals surface area contributed by atoms with Crippen LogP contribution in [0, 0.1) is 6.92 Å². The summed E-state index contributed by atoms with van der Waals surface area (Å²) in [5.41, 5.74) is 1.86. The van der Waals surface area contributed by atoms with Gasteiger partial charge in [-0.3, -0.25) is 9.78 Å². The van der Waals surface area contributed by atoms with Gasteiger partial charge in [-0.15, -0.1) is 0 Å². The van der Waals surface area contributed by atoms with Gasteiger partial charge < -0.3 is 10.1 Å². The second-order valence-electron chi connectivity index (χ2n) is 5.15. The molecule has 1 aromatic carbocycles. The van der Waals surface area contributed by atoms with E-state index in [2.05, 4.69) is 10.3 Å². The second-order valence-corrected chi connectivity index (χ2v) is 7.41. The molecule has 0 aliphatic heterocycles. The monoisotopic (exact) mass is 334 g/mol. The highest BCUT2D eigenvalue weighted by Gasteiger charge is 2.07. The number of benzene rings is 1. The Morgan fingerprint density at radius 2 is 2.04 bits per heavy atom. The van der Waals surface area contributed by atoms with Gasteiger partial charge >= 0.3 is 0 Å². The maximum absolute atomic E-state index is 12.1. The number of pyridine rings is 1. The van der Waals surface area contributed by atoms with Crippen LogP contribution in [0.25, 0.3) is 0 Å². The largest absolute Gasteiger partial charge is 0.492 e. The summed E-state index contributed by atoms with van der Waals surface area (Å²) in [6, 6.07) is 10.2. The number of carbonyl (C=O) groups excluding carboxylic acids is 1. The Morgan fingerprint density at radius 1 is 1.26 bits per heavy atom. The maximum atomic E-state index is 12.1. The Morgan fingerprint density at radius 3 is 2.70 bits per heavy atom. The van der Waals surface area contributed by atoms with Crippen LogP contribution in [-0.2, 0) is 9.84 Å². The van der Waals surface area contributed by atoms with Gasteiger partial charge in [0.05, 0.1) is 11.3 Å². The molecule has 0 saturated heterocycles. The van der Waals surface area contributed by atoms with Crippen molar-refractivity contribution in [3.63, 3.8) is 0 Å². The SMILES string of the molecule is Cc1ccc(C(=O)Nc2cccc(OCCS(C)(=O)=O)c2)cn1.